The highest BCUT2D eigenvalue weighted by atomic mass is 32.1. The standard InChI is InChI=1S/C25H36N4O3S/c1-18-13-19(2)22-15-20(24(30)27-23(22)14-18)17-29(7-4-6-28-8-11-31-12-9-28)25(33)26-16-21-5-3-10-32-21/h13-15,21H,3-12,16-17H2,1-2H3,(H,26,33)(H,27,30). The van der Waals surface area contributed by atoms with Crippen LogP contribution < -0.4 is 10.9 Å². The Balaban J connectivity index is 1.47. The second kappa shape index (κ2) is 11.4. The Morgan fingerprint density at radius 2 is 2.06 bits per heavy atom. The lowest BCUT2D eigenvalue weighted by Crippen LogP contribution is -2.44. The number of ether oxygens (including phenoxy) is 2. The first-order chi connectivity index (χ1) is 16.0. The predicted molar refractivity (Wildman–Crippen MR) is 136 cm³/mol. The summed E-state index contributed by atoms with van der Waals surface area (Å²) in [5, 5.41) is 5.17. The van der Waals surface area contributed by atoms with Crippen LogP contribution in [-0.2, 0) is 16.0 Å². The maximum absolute atomic E-state index is 12.9. The number of rotatable bonds is 8. The van der Waals surface area contributed by atoms with Crippen LogP contribution in [0.25, 0.3) is 10.9 Å². The SMILES string of the molecule is Cc1cc(C)c2cc(CN(CCCN3CCOCC3)C(=S)NCC3CCCO3)c(=O)[nH]c2c1. The quantitative estimate of drug-likeness (QED) is 0.573. The fourth-order valence-corrected chi connectivity index (χ4v) is 4.96. The highest BCUT2D eigenvalue weighted by Gasteiger charge is 2.19. The number of fused-ring (bicyclic) bond motifs is 1. The normalized spacial score (nSPS) is 19.2. The van der Waals surface area contributed by atoms with Crippen molar-refractivity contribution in [2.75, 3.05) is 52.5 Å². The average molecular weight is 473 g/mol. The molecule has 0 amide bonds. The molecule has 3 heterocycles. The van der Waals surface area contributed by atoms with Gasteiger partial charge in [-0.2, -0.15) is 0 Å². The topological polar surface area (TPSA) is 69.8 Å². The number of nitrogens with zero attached hydrogens (tertiary/aromatic N) is 2. The van der Waals surface area contributed by atoms with Gasteiger partial charge in [0.15, 0.2) is 5.11 Å². The van der Waals surface area contributed by atoms with Gasteiger partial charge in [0.2, 0.25) is 0 Å². The molecule has 0 saturated carbocycles. The summed E-state index contributed by atoms with van der Waals surface area (Å²) >= 11 is 5.77. The van der Waals surface area contributed by atoms with Crippen molar-refractivity contribution in [1.82, 2.24) is 20.1 Å². The van der Waals surface area contributed by atoms with E-state index >= 15 is 0 Å². The van der Waals surface area contributed by atoms with Gasteiger partial charge in [0.05, 0.1) is 25.9 Å². The largest absolute Gasteiger partial charge is 0.379 e. The van der Waals surface area contributed by atoms with E-state index in [1.165, 1.54) is 5.56 Å². The molecule has 2 fully saturated rings. The van der Waals surface area contributed by atoms with Crippen molar-refractivity contribution in [2.24, 2.45) is 0 Å². The molecule has 0 aliphatic carbocycles. The van der Waals surface area contributed by atoms with Gasteiger partial charge in [-0.1, -0.05) is 6.07 Å². The number of aromatic nitrogens is 1. The Hall–Kier alpha value is -2.00. The van der Waals surface area contributed by atoms with E-state index in [4.69, 9.17) is 21.7 Å². The molecule has 7 nitrogen and oxygen atoms in total. The second-order valence-corrected chi connectivity index (χ2v) is 9.60. The number of pyridine rings is 1. The minimum Gasteiger partial charge on any atom is -0.379 e. The molecule has 2 aromatic rings. The smallest absolute Gasteiger partial charge is 0.253 e. The van der Waals surface area contributed by atoms with Gasteiger partial charge in [-0.25, -0.2) is 0 Å². The molecule has 33 heavy (non-hydrogen) atoms. The predicted octanol–water partition coefficient (Wildman–Crippen LogP) is 2.72. The number of benzene rings is 1. The lowest BCUT2D eigenvalue weighted by molar-refractivity contribution is 0.0367. The third-order valence-corrected chi connectivity index (χ3v) is 6.95. The Bertz CT molecular complexity index is 1010. The molecule has 8 heteroatoms. The zero-order valence-corrected chi connectivity index (χ0v) is 20.6. The first kappa shape index (κ1) is 24.1. The van der Waals surface area contributed by atoms with Gasteiger partial charge in [-0.3, -0.25) is 9.69 Å². The lowest BCUT2D eigenvalue weighted by atomic mass is 10.0. The van der Waals surface area contributed by atoms with Crippen LogP contribution in [-0.4, -0.2) is 78.5 Å². The summed E-state index contributed by atoms with van der Waals surface area (Å²) in [4.78, 5) is 20.6. The van der Waals surface area contributed by atoms with Crippen LogP contribution in [0.3, 0.4) is 0 Å². The molecule has 2 N–H and O–H groups in total. The summed E-state index contributed by atoms with van der Waals surface area (Å²) in [7, 11) is 0. The number of H-pyrrole nitrogens is 1. The first-order valence-corrected chi connectivity index (χ1v) is 12.5. The molecule has 2 saturated heterocycles. The maximum atomic E-state index is 12.9. The zero-order valence-electron chi connectivity index (χ0n) is 19.8. The van der Waals surface area contributed by atoms with E-state index in [1.807, 2.05) is 19.1 Å². The monoisotopic (exact) mass is 472 g/mol. The van der Waals surface area contributed by atoms with Crippen LogP contribution in [0.2, 0.25) is 0 Å². The van der Waals surface area contributed by atoms with E-state index in [9.17, 15) is 4.79 Å². The third kappa shape index (κ3) is 6.53. The summed E-state index contributed by atoms with van der Waals surface area (Å²) in [5.74, 6) is 0. The van der Waals surface area contributed by atoms with Crippen LogP contribution >= 0.6 is 12.2 Å². The number of hydrogen-bond acceptors (Lipinski definition) is 5. The van der Waals surface area contributed by atoms with Crippen LogP contribution in [0.1, 0.15) is 36.0 Å². The van der Waals surface area contributed by atoms with Crippen molar-refractivity contribution in [1.29, 1.82) is 0 Å². The minimum atomic E-state index is -0.0485. The maximum Gasteiger partial charge on any atom is 0.253 e. The van der Waals surface area contributed by atoms with Gasteiger partial charge in [0.25, 0.3) is 5.56 Å². The molecule has 1 unspecified atom stereocenters. The van der Waals surface area contributed by atoms with Crippen LogP contribution in [0.5, 0.6) is 0 Å². The van der Waals surface area contributed by atoms with Crippen molar-refractivity contribution >= 4 is 28.2 Å². The number of nitrogens with one attached hydrogen (secondary N) is 2. The Morgan fingerprint density at radius 1 is 1.24 bits per heavy atom. The van der Waals surface area contributed by atoms with Crippen molar-refractivity contribution in [3.63, 3.8) is 0 Å². The van der Waals surface area contributed by atoms with Crippen LogP contribution in [0, 0.1) is 13.8 Å². The van der Waals surface area contributed by atoms with Crippen LogP contribution in [0.4, 0.5) is 0 Å². The van der Waals surface area contributed by atoms with Crippen molar-refractivity contribution in [3.05, 3.63) is 45.2 Å². The molecule has 2 aliphatic rings. The van der Waals surface area contributed by atoms with E-state index in [2.05, 4.69) is 33.1 Å². The van der Waals surface area contributed by atoms with Gasteiger partial charge < -0.3 is 24.7 Å². The van der Waals surface area contributed by atoms with E-state index in [0.717, 1.165) is 87.3 Å². The molecular weight excluding hydrogens is 436 g/mol. The van der Waals surface area contributed by atoms with Gasteiger partial charge in [0, 0.05) is 55.8 Å². The number of aromatic amines is 1. The zero-order chi connectivity index (χ0) is 23.2. The van der Waals surface area contributed by atoms with Crippen LogP contribution in [0.15, 0.2) is 23.0 Å². The van der Waals surface area contributed by atoms with E-state index in [0.29, 0.717) is 18.2 Å². The number of thiocarbonyl (C=S) groups is 1. The molecule has 0 spiro atoms. The highest BCUT2D eigenvalue weighted by Crippen LogP contribution is 2.19. The second-order valence-electron chi connectivity index (χ2n) is 9.22. The lowest BCUT2D eigenvalue weighted by Gasteiger charge is -2.30. The molecule has 0 bridgehead atoms. The number of morpholine rings is 1. The number of hydrogen-bond donors (Lipinski definition) is 2. The molecule has 1 atom stereocenters. The fourth-order valence-electron chi connectivity index (χ4n) is 4.72. The van der Waals surface area contributed by atoms with Gasteiger partial charge in [-0.05, 0) is 68.6 Å². The fraction of sp³-hybridized carbons (Fsp3) is 0.600. The van der Waals surface area contributed by atoms with Gasteiger partial charge >= 0.3 is 0 Å². The van der Waals surface area contributed by atoms with E-state index in [1.54, 1.807) is 0 Å². The molecule has 2 aliphatic heterocycles. The molecule has 4 rings (SSSR count). The third-order valence-electron chi connectivity index (χ3n) is 6.55. The van der Waals surface area contributed by atoms with E-state index in [-0.39, 0.29) is 11.7 Å². The van der Waals surface area contributed by atoms with Crippen molar-refractivity contribution in [3.8, 4) is 0 Å². The Labute approximate surface area is 201 Å². The summed E-state index contributed by atoms with van der Waals surface area (Å²) in [6, 6.07) is 6.21. The average Bonchev–Trinajstić information content (AvgIpc) is 3.32. The van der Waals surface area contributed by atoms with Crippen molar-refractivity contribution < 1.29 is 9.47 Å². The Kier molecular flexibility index (Phi) is 8.35. The van der Waals surface area contributed by atoms with Gasteiger partial charge in [0.1, 0.15) is 0 Å². The summed E-state index contributed by atoms with van der Waals surface area (Å²) in [6.07, 6.45) is 3.36. The summed E-state index contributed by atoms with van der Waals surface area (Å²) < 4.78 is 11.2. The summed E-state index contributed by atoms with van der Waals surface area (Å²) in [5.41, 5.74) is 3.89. The molecule has 180 valence electrons. The molecule has 1 aromatic heterocycles. The molecule has 0 radical (unpaired) electrons. The van der Waals surface area contributed by atoms with E-state index < -0.39 is 0 Å². The van der Waals surface area contributed by atoms with Crippen molar-refractivity contribution in [2.45, 2.75) is 45.8 Å². The Morgan fingerprint density at radius 3 is 2.82 bits per heavy atom. The minimum absolute atomic E-state index is 0.0485. The highest BCUT2D eigenvalue weighted by molar-refractivity contribution is 7.80. The molecular formula is C25H36N4O3S. The summed E-state index contributed by atoms with van der Waals surface area (Å²) in [6.45, 7) is 11.5. The van der Waals surface area contributed by atoms with Gasteiger partial charge in [-0.15, -0.1) is 0 Å². The molecule has 1 aromatic carbocycles. The first-order valence-electron chi connectivity index (χ1n) is 12.1. The number of aryl methyl sites for hydroxylation is 2.